The second-order valence-electron chi connectivity index (χ2n) is 8.02. The molecule has 0 amide bonds. The fourth-order valence-corrected chi connectivity index (χ4v) is 4.38. The normalized spacial score (nSPS) is 18.2. The largest absolute Gasteiger partial charge is 0.465 e. The zero-order valence-corrected chi connectivity index (χ0v) is 17.6. The lowest BCUT2D eigenvalue weighted by Crippen LogP contribution is -2.30. The van der Waals surface area contributed by atoms with Gasteiger partial charge in [-0.3, -0.25) is 4.79 Å². The first-order chi connectivity index (χ1) is 12.9. The van der Waals surface area contributed by atoms with Gasteiger partial charge in [0, 0.05) is 5.69 Å². The van der Waals surface area contributed by atoms with Gasteiger partial charge < -0.3 is 4.74 Å². The number of hydrogen-bond donors (Lipinski definition) is 0. The van der Waals surface area contributed by atoms with Crippen LogP contribution in [0.1, 0.15) is 63.4 Å². The van der Waals surface area contributed by atoms with Gasteiger partial charge in [-0.05, 0) is 50.0 Å². The number of fused-ring (bicyclic) bond motifs is 1. The topological polar surface area (TPSA) is 63.0 Å². The molecule has 0 bridgehead atoms. The number of aryl methyl sites for hydroxylation is 1. The Hall–Kier alpha value is -1.75. The van der Waals surface area contributed by atoms with E-state index in [9.17, 15) is 23.2 Å². The first-order valence-electron chi connectivity index (χ1n) is 9.26. The molecule has 0 saturated carbocycles. The van der Waals surface area contributed by atoms with Gasteiger partial charge in [0.15, 0.2) is 0 Å². The number of carbonyl (C=O) groups is 1. The summed E-state index contributed by atoms with van der Waals surface area (Å²) in [6.07, 6.45) is -3.26. The number of nitrogens with zero attached hydrogens (tertiary/aromatic N) is 2. The highest BCUT2D eigenvalue weighted by Crippen LogP contribution is 2.45. The molecule has 0 aliphatic heterocycles. The first-order valence-corrected chi connectivity index (χ1v) is 10.1. The van der Waals surface area contributed by atoms with Crippen LogP contribution < -0.4 is 0 Å². The van der Waals surface area contributed by atoms with Crippen LogP contribution in [0.2, 0.25) is 0 Å². The van der Waals surface area contributed by atoms with Crippen LogP contribution >= 0.6 is 11.8 Å². The Bertz CT molecular complexity index is 795. The molecule has 2 atom stereocenters. The van der Waals surface area contributed by atoms with Crippen molar-refractivity contribution in [1.29, 1.82) is 5.26 Å². The molecule has 0 aromatic carbocycles. The molecule has 1 aromatic heterocycles. The minimum Gasteiger partial charge on any atom is -0.465 e. The predicted octanol–water partition coefficient (Wildman–Crippen LogP) is 5.17. The summed E-state index contributed by atoms with van der Waals surface area (Å²) >= 11 is 0.844. The molecule has 4 nitrogen and oxygen atoms in total. The summed E-state index contributed by atoms with van der Waals surface area (Å²) < 4.78 is 46.8. The van der Waals surface area contributed by atoms with Crippen molar-refractivity contribution in [2.24, 2.45) is 11.3 Å². The fourth-order valence-electron chi connectivity index (χ4n) is 3.45. The van der Waals surface area contributed by atoms with E-state index in [1.165, 1.54) is 6.92 Å². The van der Waals surface area contributed by atoms with Gasteiger partial charge in [-0.25, -0.2) is 4.98 Å². The number of thioether (sulfide) groups is 1. The Balaban J connectivity index is 2.57. The van der Waals surface area contributed by atoms with Gasteiger partial charge in [0.25, 0.3) is 0 Å². The number of aromatic nitrogens is 1. The Morgan fingerprint density at radius 3 is 2.54 bits per heavy atom. The molecule has 28 heavy (non-hydrogen) atoms. The van der Waals surface area contributed by atoms with Crippen molar-refractivity contribution in [2.45, 2.75) is 70.3 Å². The van der Waals surface area contributed by atoms with Crippen LogP contribution in [0.25, 0.3) is 0 Å². The summed E-state index contributed by atoms with van der Waals surface area (Å²) in [5, 5.41) is 8.71. The minimum atomic E-state index is -4.67. The molecule has 2 rings (SSSR count). The molecule has 1 heterocycles. The van der Waals surface area contributed by atoms with E-state index in [0.717, 1.165) is 18.2 Å². The maximum absolute atomic E-state index is 14.0. The van der Waals surface area contributed by atoms with E-state index in [0.29, 0.717) is 12.1 Å². The van der Waals surface area contributed by atoms with Crippen LogP contribution in [0.3, 0.4) is 0 Å². The highest BCUT2D eigenvalue weighted by atomic mass is 32.2. The van der Waals surface area contributed by atoms with E-state index in [-0.39, 0.29) is 35.0 Å². The van der Waals surface area contributed by atoms with Crippen molar-refractivity contribution in [3.8, 4) is 6.07 Å². The summed E-state index contributed by atoms with van der Waals surface area (Å²) in [6.45, 7) is 9.40. The first kappa shape index (κ1) is 22.5. The predicted molar refractivity (Wildman–Crippen MR) is 101 cm³/mol. The van der Waals surface area contributed by atoms with Crippen molar-refractivity contribution in [3.63, 3.8) is 0 Å². The van der Waals surface area contributed by atoms with Gasteiger partial charge in [-0.15, -0.1) is 0 Å². The summed E-state index contributed by atoms with van der Waals surface area (Å²) in [6, 6.07) is 1.70. The summed E-state index contributed by atoms with van der Waals surface area (Å²) in [4.78, 5) is 16.3. The lowest BCUT2D eigenvalue weighted by molar-refractivity contribution is -0.142. The van der Waals surface area contributed by atoms with Crippen molar-refractivity contribution in [2.75, 3.05) is 6.61 Å². The Morgan fingerprint density at radius 1 is 1.39 bits per heavy atom. The second-order valence-corrected chi connectivity index (χ2v) is 9.35. The monoisotopic (exact) mass is 414 g/mol. The van der Waals surface area contributed by atoms with Crippen LogP contribution in [0.15, 0.2) is 5.03 Å². The van der Waals surface area contributed by atoms with Crippen LogP contribution in [-0.4, -0.2) is 22.8 Å². The maximum atomic E-state index is 14.0. The zero-order chi connectivity index (χ0) is 21.3. The summed E-state index contributed by atoms with van der Waals surface area (Å²) in [7, 11) is 0. The van der Waals surface area contributed by atoms with Gasteiger partial charge in [0.1, 0.15) is 16.3 Å². The Morgan fingerprint density at radius 2 is 2.04 bits per heavy atom. The second kappa shape index (κ2) is 8.32. The lowest BCUT2D eigenvalue weighted by Gasteiger charge is -2.36. The SMILES string of the molecule is CCOC(=O)C(C)Sc1nc2c(c(C(F)(F)F)c1C#N)CC(C(C)(C)C)CC2. The third-order valence-electron chi connectivity index (χ3n) is 5.06. The number of alkyl halides is 3. The van der Waals surface area contributed by atoms with Gasteiger partial charge in [0.05, 0.1) is 17.7 Å². The number of pyridine rings is 1. The molecule has 0 radical (unpaired) electrons. The molecule has 8 heteroatoms. The van der Waals surface area contributed by atoms with Crippen molar-refractivity contribution >= 4 is 17.7 Å². The number of hydrogen-bond acceptors (Lipinski definition) is 5. The Kier molecular flexibility index (Phi) is 6.70. The van der Waals surface area contributed by atoms with E-state index in [1.807, 2.05) is 20.8 Å². The van der Waals surface area contributed by atoms with Crippen molar-refractivity contribution in [1.82, 2.24) is 4.98 Å². The quantitative estimate of drug-likeness (QED) is 0.503. The number of nitriles is 1. The van der Waals surface area contributed by atoms with Gasteiger partial charge in [0.2, 0.25) is 0 Å². The zero-order valence-electron chi connectivity index (χ0n) is 16.7. The summed E-state index contributed by atoms with van der Waals surface area (Å²) in [5.41, 5.74) is -1.03. The standard InChI is InChI=1S/C20H25F3N2O2S/c1-6-27-18(26)11(2)28-17-14(10-24)16(20(21,22)23)13-9-12(19(3,4)5)7-8-15(13)25-17/h11-12H,6-9H2,1-5H3. The molecule has 0 fully saturated rings. The van der Waals surface area contributed by atoms with E-state index in [1.54, 1.807) is 13.0 Å². The average Bonchev–Trinajstić information content (AvgIpc) is 2.58. The van der Waals surface area contributed by atoms with E-state index in [2.05, 4.69) is 4.98 Å². The van der Waals surface area contributed by atoms with E-state index in [4.69, 9.17) is 4.74 Å². The summed E-state index contributed by atoms with van der Waals surface area (Å²) in [5.74, 6) is -0.469. The highest BCUT2D eigenvalue weighted by Gasteiger charge is 2.42. The molecule has 2 unspecified atom stereocenters. The number of esters is 1. The van der Waals surface area contributed by atoms with Crippen LogP contribution in [0, 0.1) is 22.7 Å². The molecule has 0 N–H and O–H groups in total. The van der Waals surface area contributed by atoms with Crippen LogP contribution in [0.4, 0.5) is 13.2 Å². The van der Waals surface area contributed by atoms with Gasteiger partial charge >= 0.3 is 12.1 Å². The molecular weight excluding hydrogens is 389 g/mol. The van der Waals surface area contributed by atoms with Gasteiger partial charge in [-0.2, -0.15) is 18.4 Å². The van der Waals surface area contributed by atoms with E-state index >= 15 is 0 Å². The smallest absolute Gasteiger partial charge is 0.418 e. The molecule has 154 valence electrons. The lowest BCUT2D eigenvalue weighted by atomic mass is 9.70. The third-order valence-corrected chi connectivity index (χ3v) is 6.12. The van der Waals surface area contributed by atoms with Crippen LogP contribution in [-0.2, 0) is 28.5 Å². The molecule has 0 saturated heterocycles. The number of ether oxygens (including phenoxy) is 1. The molecule has 1 aliphatic rings. The van der Waals surface area contributed by atoms with Crippen LogP contribution in [0.5, 0.6) is 0 Å². The molecular formula is C20H25F3N2O2S. The third kappa shape index (κ3) is 4.80. The number of halogens is 3. The highest BCUT2D eigenvalue weighted by molar-refractivity contribution is 8.00. The van der Waals surface area contributed by atoms with Crippen molar-refractivity contribution < 1.29 is 22.7 Å². The Labute approximate surface area is 167 Å². The molecule has 1 aliphatic carbocycles. The fraction of sp³-hybridized carbons (Fsp3) is 0.650. The van der Waals surface area contributed by atoms with E-state index < -0.39 is 28.5 Å². The number of rotatable bonds is 4. The average molecular weight is 414 g/mol. The van der Waals surface area contributed by atoms with Crippen molar-refractivity contribution in [3.05, 3.63) is 22.4 Å². The number of carbonyl (C=O) groups excluding carboxylic acids is 1. The van der Waals surface area contributed by atoms with Gasteiger partial charge in [-0.1, -0.05) is 32.5 Å². The molecule has 1 aromatic rings. The maximum Gasteiger partial charge on any atom is 0.418 e. The minimum absolute atomic E-state index is 0.0525. The molecule has 0 spiro atoms.